The molecular weight excluding hydrogens is 589 g/mol. The lowest BCUT2D eigenvalue weighted by Crippen LogP contribution is -2.54. The molecule has 0 atom stereocenters. The molecule has 2 fully saturated rings. The highest BCUT2D eigenvalue weighted by atomic mass is 19.4. The van der Waals surface area contributed by atoms with Gasteiger partial charge in [-0.1, -0.05) is 6.07 Å². The van der Waals surface area contributed by atoms with Crippen LogP contribution in [0.5, 0.6) is 0 Å². The van der Waals surface area contributed by atoms with Crippen LogP contribution in [0.4, 0.5) is 44.3 Å². The molecule has 0 aliphatic carbocycles. The summed E-state index contributed by atoms with van der Waals surface area (Å²) in [6.07, 6.45) is -21.2. The molecule has 2 heterocycles. The number of piperidine rings is 2. The van der Waals surface area contributed by atoms with Crippen LogP contribution in [0, 0.1) is 5.92 Å². The number of amides is 1. The molecule has 0 unspecified atom stereocenters. The number of aliphatic carboxylic acids is 1. The van der Waals surface area contributed by atoms with Crippen LogP contribution in [0.1, 0.15) is 49.3 Å². The van der Waals surface area contributed by atoms with E-state index in [4.69, 9.17) is 0 Å². The highest BCUT2D eigenvalue weighted by Crippen LogP contribution is 2.37. The standard InChI is InChI=1S/C26H32F9N3O4/c1-23(7-11-38(12-8-23)22(41)42-21(25(30,31)32)26(33,34)35)36(2)14-17-3-4-19(24(27,28)29)13-18(17)15-37-9-5-16(6-10-37)20(39)40/h3-4,13,16,21H,5-12,14-15H2,1-2H3,(H,39,40). The molecule has 2 saturated heterocycles. The van der Waals surface area contributed by atoms with Crippen molar-refractivity contribution in [1.29, 1.82) is 0 Å². The number of carbonyl (C=O) groups excluding carboxylic acids is 1. The van der Waals surface area contributed by atoms with Gasteiger partial charge in [-0.2, -0.15) is 39.5 Å². The van der Waals surface area contributed by atoms with E-state index < -0.39 is 53.7 Å². The van der Waals surface area contributed by atoms with Crippen molar-refractivity contribution in [2.75, 3.05) is 33.2 Å². The number of rotatable bonds is 7. The van der Waals surface area contributed by atoms with Crippen molar-refractivity contribution >= 4 is 12.1 Å². The molecule has 238 valence electrons. The van der Waals surface area contributed by atoms with Crippen LogP contribution in [0.2, 0.25) is 0 Å². The second-order valence-corrected chi connectivity index (χ2v) is 11.1. The third-order valence-electron chi connectivity index (χ3n) is 8.11. The Bertz CT molecular complexity index is 1090. The largest absolute Gasteiger partial charge is 0.481 e. The molecule has 1 aromatic carbocycles. The monoisotopic (exact) mass is 621 g/mol. The van der Waals surface area contributed by atoms with Crippen molar-refractivity contribution in [2.24, 2.45) is 5.92 Å². The summed E-state index contributed by atoms with van der Waals surface area (Å²) in [5.41, 5.74) is -0.546. The Morgan fingerprint density at radius 1 is 0.976 bits per heavy atom. The van der Waals surface area contributed by atoms with Gasteiger partial charge in [0.05, 0.1) is 11.5 Å². The molecule has 0 saturated carbocycles. The fourth-order valence-corrected chi connectivity index (χ4v) is 5.18. The molecule has 2 aliphatic heterocycles. The molecule has 16 heteroatoms. The van der Waals surface area contributed by atoms with Gasteiger partial charge in [0.2, 0.25) is 0 Å². The first kappa shape index (κ1) is 33.7. The van der Waals surface area contributed by atoms with Crippen molar-refractivity contribution in [2.45, 2.75) is 75.9 Å². The van der Waals surface area contributed by atoms with Crippen LogP contribution < -0.4 is 0 Å². The molecule has 1 amide bonds. The number of nitrogens with zero attached hydrogens (tertiary/aromatic N) is 3. The number of carbonyl (C=O) groups is 2. The summed E-state index contributed by atoms with van der Waals surface area (Å²) in [5, 5.41) is 9.21. The van der Waals surface area contributed by atoms with Crippen molar-refractivity contribution < 1.29 is 58.9 Å². The number of hydrogen-bond donors (Lipinski definition) is 1. The Labute approximate surface area is 236 Å². The molecule has 7 nitrogen and oxygen atoms in total. The van der Waals surface area contributed by atoms with E-state index in [1.807, 2.05) is 9.80 Å². The first-order valence-electron chi connectivity index (χ1n) is 13.1. The number of ether oxygens (including phenoxy) is 1. The third-order valence-corrected chi connectivity index (χ3v) is 8.11. The molecule has 1 aromatic rings. The molecule has 0 spiro atoms. The molecule has 0 bridgehead atoms. The van der Waals surface area contributed by atoms with E-state index >= 15 is 0 Å². The predicted octanol–water partition coefficient (Wildman–Crippen LogP) is 5.92. The number of carboxylic acid groups (broad SMARTS) is 1. The molecular formula is C26H32F9N3O4. The topological polar surface area (TPSA) is 73.3 Å². The predicted molar refractivity (Wildman–Crippen MR) is 130 cm³/mol. The number of halogens is 9. The molecule has 0 radical (unpaired) electrons. The zero-order chi connectivity index (χ0) is 31.7. The average Bonchev–Trinajstić information content (AvgIpc) is 2.86. The molecule has 42 heavy (non-hydrogen) atoms. The van der Waals surface area contributed by atoms with E-state index in [1.165, 1.54) is 6.07 Å². The van der Waals surface area contributed by atoms with Gasteiger partial charge < -0.3 is 14.7 Å². The van der Waals surface area contributed by atoms with E-state index in [9.17, 15) is 54.2 Å². The minimum absolute atomic E-state index is 0.153. The highest BCUT2D eigenvalue weighted by Gasteiger charge is 2.60. The minimum Gasteiger partial charge on any atom is -0.481 e. The van der Waals surface area contributed by atoms with Crippen molar-refractivity contribution in [1.82, 2.24) is 14.7 Å². The summed E-state index contributed by atoms with van der Waals surface area (Å²) in [5.74, 6) is -1.42. The normalized spacial score (nSPS) is 19.4. The Balaban J connectivity index is 1.69. The minimum atomic E-state index is -5.83. The summed E-state index contributed by atoms with van der Waals surface area (Å²) in [6.45, 7) is 2.52. The smallest absolute Gasteiger partial charge is 0.434 e. The van der Waals surface area contributed by atoms with Crippen LogP contribution in [0.25, 0.3) is 0 Å². The van der Waals surface area contributed by atoms with Gasteiger partial charge in [0.15, 0.2) is 0 Å². The fourth-order valence-electron chi connectivity index (χ4n) is 5.18. The fraction of sp³-hybridized carbons (Fsp3) is 0.692. The Morgan fingerprint density at radius 3 is 2.00 bits per heavy atom. The van der Waals surface area contributed by atoms with E-state index in [1.54, 1.807) is 14.0 Å². The maximum Gasteiger partial charge on any atom is 0.434 e. The van der Waals surface area contributed by atoms with Crippen LogP contribution in [-0.4, -0.2) is 89.1 Å². The van der Waals surface area contributed by atoms with Gasteiger partial charge in [-0.05, 0) is 76.0 Å². The van der Waals surface area contributed by atoms with Crippen LogP contribution in [0.15, 0.2) is 18.2 Å². The molecule has 0 aromatic heterocycles. The zero-order valence-electron chi connectivity index (χ0n) is 22.9. The summed E-state index contributed by atoms with van der Waals surface area (Å²) in [6, 6.07) is 3.38. The summed E-state index contributed by atoms with van der Waals surface area (Å²) >= 11 is 0. The van der Waals surface area contributed by atoms with Gasteiger partial charge in [-0.3, -0.25) is 14.6 Å². The quantitative estimate of drug-likeness (QED) is 0.382. The van der Waals surface area contributed by atoms with Gasteiger partial charge in [0.1, 0.15) is 0 Å². The van der Waals surface area contributed by atoms with E-state index in [2.05, 4.69) is 4.74 Å². The molecule has 2 aliphatic rings. The Kier molecular flexibility index (Phi) is 10.0. The Hall–Kier alpha value is -2.75. The van der Waals surface area contributed by atoms with Crippen LogP contribution in [0.3, 0.4) is 0 Å². The highest BCUT2D eigenvalue weighted by molar-refractivity contribution is 5.70. The lowest BCUT2D eigenvalue weighted by molar-refractivity contribution is -0.308. The van der Waals surface area contributed by atoms with E-state index in [0.717, 1.165) is 17.0 Å². The summed E-state index contributed by atoms with van der Waals surface area (Å²) in [4.78, 5) is 27.9. The van der Waals surface area contributed by atoms with Gasteiger partial charge in [-0.15, -0.1) is 0 Å². The molecule has 3 rings (SSSR count). The second-order valence-electron chi connectivity index (χ2n) is 11.1. The van der Waals surface area contributed by atoms with E-state index in [0.29, 0.717) is 37.1 Å². The number of benzene rings is 1. The average molecular weight is 622 g/mol. The second kappa shape index (κ2) is 12.5. The number of likely N-dealkylation sites (tertiary alicyclic amines) is 2. The van der Waals surface area contributed by atoms with Crippen molar-refractivity contribution in [3.05, 3.63) is 34.9 Å². The van der Waals surface area contributed by atoms with Crippen LogP contribution in [-0.2, 0) is 28.8 Å². The first-order valence-corrected chi connectivity index (χ1v) is 13.1. The van der Waals surface area contributed by atoms with Gasteiger partial charge >= 0.3 is 30.6 Å². The summed E-state index contributed by atoms with van der Waals surface area (Å²) in [7, 11) is 1.69. The van der Waals surface area contributed by atoms with Crippen LogP contribution >= 0.6 is 0 Å². The van der Waals surface area contributed by atoms with Crippen molar-refractivity contribution in [3.8, 4) is 0 Å². The number of hydrogen-bond acceptors (Lipinski definition) is 5. The number of carboxylic acids is 1. The SMILES string of the molecule is CN(Cc1ccc(C(F)(F)F)cc1CN1CCC(C(=O)O)CC1)C1(C)CCN(C(=O)OC(C(F)(F)F)C(F)(F)F)CC1. The zero-order valence-corrected chi connectivity index (χ0v) is 22.9. The van der Waals surface area contributed by atoms with Gasteiger partial charge in [0.25, 0.3) is 6.10 Å². The first-order chi connectivity index (χ1) is 19.2. The maximum absolute atomic E-state index is 13.5. The maximum atomic E-state index is 13.5. The summed E-state index contributed by atoms with van der Waals surface area (Å²) < 4.78 is 121. The van der Waals surface area contributed by atoms with Gasteiger partial charge in [-0.25, -0.2) is 4.79 Å². The number of alkyl halides is 9. The molecule has 1 N–H and O–H groups in total. The Morgan fingerprint density at radius 2 is 1.52 bits per heavy atom. The lowest BCUT2D eigenvalue weighted by atomic mass is 9.87. The van der Waals surface area contributed by atoms with Crippen molar-refractivity contribution in [3.63, 3.8) is 0 Å². The third kappa shape index (κ3) is 8.42. The van der Waals surface area contributed by atoms with E-state index in [-0.39, 0.29) is 39.0 Å². The lowest BCUT2D eigenvalue weighted by Gasteiger charge is -2.45. The van der Waals surface area contributed by atoms with Gasteiger partial charge in [0, 0.05) is 31.7 Å².